The molecule has 0 aliphatic heterocycles. The minimum atomic E-state index is -1.82. The molecule has 3 heteroatoms. The van der Waals surface area contributed by atoms with E-state index in [2.05, 4.69) is 99.4 Å². The van der Waals surface area contributed by atoms with Gasteiger partial charge in [-0.2, -0.15) is 0 Å². The Morgan fingerprint density at radius 3 is 2.35 bits per heavy atom. The van der Waals surface area contributed by atoms with Crippen LogP contribution < -0.4 is 0 Å². The molecule has 3 saturated carbocycles. The van der Waals surface area contributed by atoms with Crippen LogP contribution in [0.5, 0.6) is 0 Å². The first-order valence-corrected chi connectivity index (χ1v) is 18.0. The normalized spacial score (nSPS) is 33.8. The SMILES string of the molecule is C=C1CC[C@H](O)C/C1=C\C=C1/CCC[C@]2(C)[C@@H]([C@H](C)/C=C/C(C)C(C)(C)O[Si](C)(C)C(C)(C)C)CC[C@@H]12. The van der Waals surface area contributed by atoms with Gasteiger partial charge in [0.2, 0.25) is 0 Å². The number of rotatable bonds is 7. The van der Waals surface area contributed by atoms with E-state index in [4.69, 9.17) is 4.43 Å². The van der Waals surface area contributed by atoms with Crippen LogP contribution in [0.1, 0.15) is 107 Å². The minimum absolute atomic E-state index is 0.160. The van der Waals surface area contributed by atoms with Crippen molar-refractivity contribution < 1.29 is 9.53 Å². The van der Waals surface area contributed by atoms with Crippen molar-refractivity contribution in [3.8, 4) is 0 Å². The van der Waals surface area contributed by atoms with E-state index in [0.717, 1.165) is 25.2 Å². The highest BCUT2D eigenvalue weighted by Crippen LogP contribution is 2.59. The summed E-state index contributed by atoms with van der Waals surface area (Å²) in [7, 11) is -1.82. The third-order valence-electron chi connectivity index (χ3n) is 11.0. The summed E-state index contributed by atoms with van der Waals surface area (Å²) in [6, 6.07) is 0. The highest BCUT2D eigenvalue weighted by molar-refractivity contribution is 6.74. The third kappa shape index (κ3) is 6.82. The van der Waals surface area contributed by atoms with Crippen LogP contribution in [-0.2, 0) is 4.43 Å². The molecule has 3 fully saturated rings. The average Bonchev–Trinajstić information content (AvgIpc) is 3.14. The number of allylic oxidation sites excluding steroid dienone is 5. The van der Waals surface area contributed by atoms with E-state index in [0.29, 0.717) is 23.2 Å². The Morgan fingerprint density at radius 1 is 1.03 bits per heavy atom. The average molecular weight is 527 g/mol. The maximum atomic E-state index is 10.1. The molecular formula is C34H58O2Si. The molecule has 37 heavy (non-hydrogen) atoms. The molecule has 0 heterocycles. The van der Waals surface area contributed by atoms with E-state index in [1.165, 1.54) is 43.3 Å². The first kappa shape index (κ1) is 30.6. The predicted octanol–water partition coefficient (Wildman–Crippen LogP) is 9.79. The van der Waals surface area contributed by atoms with Gasteiger partial charge in [0.15, 0.2) is 8.32 Å². The summed E-state index contributed by atoms with van der Waals surface area (Å²) in [4.78, 5) is 0. The Kier molecular flexibility index (Phi) is 9.35. The molecule has 0 spiro atoms. The summed E-state index contributed by atoms with van der Waals surface area (Å²) in [6.07, 6.45) is 18.6. The Hall–Kier alpha value is -0.903. The fourth-order valence-electron chi connectivity index (χ4n) is 7.15. The van der Waals surface area contributed by atoms with Gasteiger partial charge in [-0.15, -0.1) is 0 Å². The van der Waals surface area contributed by atoms with Gasteiger partial charge < -0.3 is 9.53 Å². The summed E-state index contributed by atoms with van der Waals surface area (Å²) in [5, 5.41) is 10.4. The van der Waals surface area contributed by atoms with E-state index >= 15 is 0 Å². The molecule has 0 bridgehead atoms. The van der Waals surface area contributed by atoms with Crippen molar-refractivity contribution in [3.05, 3.63) is 47.6 Å². The lowest BCUT2D eigenvalue weighted by Crippen LogP contribution is -2.49. The van der Waals surface area contributed by atoms with Crippen LogP contribution >= 0.6 is 0 Å². The van der Waals surface area contributed by atoms with Crippen molar-refractivity contribution in [2.75, 3.05) is 0 Å². The van der Waals surface area contributed by atoms with Gasteiger partial charge in [0.25, 0.3) is 0 Å². The standard InChI is InChI=1S/C34H58O2Si/c1-24-15-19-29(35)23-28(24)18-17-27-13-12-22-34(9)30(20-21-31(27)34)25(2)14-16-26(3)33(7,8)36-37(10,11)32(4,5)6/h14,16-18,25-26,29-31,35H,1,12-13,15,19-23H2,2-11H3/b16-14+,27-17+,28-18+/t25-,26?,29+,30-,31+,34-/m1/s1. The van der Waals surface area contributed by atoms with Crippen LogP contribution in [-0.4, -0.2) is 25.1 Å². The molecule has 2 nitrogen and oxygen atoms in total. The summed E-state index contributed by atoms with van der Waals surface area (Å²) in [5.74, 6) is 2.37. The molecule has 0 radical (unpaired) electrons. The van der Waals surface area contributed by atoms with Crippen molar-refractivity contribution in [2.45, 2.75) is 137 Å². The van der Waals surface area contributed by atoms with Gasteiger partial charge >= 0.3 is 0 Å². The van der Waals surface area contributed by atoms with Gasteiger partial charge in [0.1, 0.15) is 0 Å². The number of aliphatic hydroxyl groups is 1. The third-order valence-corrected chi connectivity index (χ3v) is 15.6. The molecule has 0 aromatic carbocycles. The summed E-state index contributed by atoms with van der Waals surface area (Å²) < 4.78 is 6.87. The number of fused-ring (bicyclic) bond motifs is 1. The summed E-state index contributed by atoms with van der Waals surface area (Å²) >= 11 is 0. The van der Waals surface area contributed by atoms with Gasteiger partial charge in [-0.25, -0.2) is 0 Å². The fourth-order valence-corrected chi connectivity index (χ4v) is 8.96. The van der Waals surface area contributed by atoms with E-state index in [1.54, 1.807) is 5.57 Å². The maximum Gasteiger partial charge on any atom is 0.192 e. The molecule has 0 amide bonds. The molecule has 0 saturated heterocycles. The van der Waals surface area contributed by atoms with E-state index in [-0.39, 0.29) is 16.7 Å². The van der Waals surface area contributed by atoms with Gasteiger partial charge in [0.05, 0.1) is 11.7 Å². The monoisotopic (exact) mass is 526 g/mol. The zero-order chi connectivity index (χ0) is 27.8. The second-order valence-corrected chi connectivity index (χ2v) is 19.8. The van der Waals surface area contributed by atoms with Gasteiger partial charge in [-0.1, -0.05) is 83.6 Å². The van der Waals surface area contributed by atoms with Crippen LogP contribution in [0, 0.1) is 29.1 Å². The second kappa shape index (κ2) is 11.3. The van der Waals surface area contributed by atoms with E-state index < -0.39 is 8.32 Å². The Labute approximate surface area is 230 Å². The molecule has 6 atom stereocenters. The van der Waals surface area contributed by atoms with Crippen molar-refractivity contribution in [2.24, 2.45) is 29.1 Å². The first-order chi connectivity index (χ1) is 17.0. The summed E-state index contributed by atoms with van der Waals surface area (Å²) in [6.45, 7) is 27.9. The van der Waals surface area contributed by atoms with Gasteiger partial charge in [0, 0.05) is 5.92 Å². The quantitative estimate of drug-likeness (QED) is 0.264. The van der Waals surface area contributed by atoms with Crippen LogP contribution in [0.15, 0.2) is 47.6 Å². The van der Waals surface area contributed by atoms with Gasteiger partial charge in [-0.05, 0) is 112 Å². The van der Waals surface area contributed by atoms with Crippen molar-refractivity contribution in [1.82, 2.24) is 0 Å². The molecule has 3 aliphatic carbocycles. The lowest BCUT2D eigenvalue weighted by Gasteiger charge is -2.45. The van der Waals surface area contributed by atoms with Crippen LogP contribution in [0.25, 0.3) is 0 Å². The summed E-state index contributed by atoms with van der Waals surface area (Å²) in [5.41, 5.74) is 4.35. The van der Waals surface area contributed by atoms with Crippen molar-refractivity contribution in [3.63, 3.8) is 0 Å². The Bertz CT molecular complexity index is 915. The molecule has 3 rings (SSSR count). The van der Waals surface area contributed by atoms with Crippen LogP contribution in [0.2, 0.25) is 18.1 Å². The topological polar surface area (TPSA) is 29.5 Å². The zero-order valence-electron chi connectivity index (χ0n) is 25.9. The van der Waals surface area contributed by atoms with Crippen LogP contribution in [0.3, 0.4) is 0 Å². The van der Waals surface area contributed by atoms with Crippen molar-refractivity contribution >= 4 is 8.32 Å². The molecule has 1 unspecified atom stereocenters. The minimum Gasteiger partial charge on any atom is -0.411 e. The number of hydrogen-bond acceptors (Lipinski definition) is 2. The second-order valence-electron chi connectivity index (χ2n) is 15.0. The molecule has 1 N–H and O–H groups in total. The van der Waals surface area contributed by atoms with E-state index in [9.17, 15) is 5.11 Å². The fraction of sp³-hybridized carbons (Fsp3) is 0.765. The molecule has 0 aromatic rings. The first-order valence-electron chi connectivity index (χ1n) is 15.1. The lowest BCUT2D eigenvalue weighted by molar-refractivity contribution is 0.0555. The smallest absolute Gasteiger partial charge is 0.192 e. The van der Waals surface area contributed by atoms with Crippen LogP contribution in [0.4, 0.5) is 0 Å². The largest absolute Gasteiger partial charge is 0.411 e. The highest BCUT2D eigenvalue weighted by Gasteiger charge is 2.50. The van der Waals surface area contributed by atoms with E-state index in [1.807, 2.05) is 0 Å². The Morgan fingerprint density at radius 2 is 1.70 bits per heavy atom. The maximum absolute atomic E-state index is 10.1. The molecule has 210 valence electrons. The zero-order valence-corrected chi connectivity index (χ0v) is 26.9. The van der Waals surface area contributed by atoms with Gasteiger partial charge in [-0.3, -0.25) is 0 Å². The Balaban J connectivity index is 1.71. The molecular weight excluding hydrogens is 468 g/mol. The number of hydrogen-bond donors (Lipinski definition) is 1. The molecule has 0 aromatic heterocycles. The number of aliphatic hydroxyl groups excluding tert-OH is 1. The highest BCUT2D eigenvalue weighted by atomic mass is 28.4. The predicted molar refractivity (Wildman–Crippen MR) is 163 cm³/mol. The lowest BCUT2D eigenvalue weighted by atomic mass is 9.61. The van der Waals surface area contributed by atoms with Crippen molar-refractivity contribution in [1.29, 1.82) is 0 Å². The molecule has 3 aliphatic rings.